The molecule has 1 amide bonds. The third kappa shape index (κ3) is 2.57. The molecule has 0 aromatic carbocycles. The fourth-order valence-corrected chi connectivity index (χ4v) is 1.32. The van der Waals surface area contributed by atoms with Gasteiger partial charge in [0.2, 0.25) is 5.91 Å². The van der Waals surface area contributed by atoms with Crippen LogP contribution in [0, 0.1) is 0 Å². The number of hydrogen-bond acceptors (Lipinski definition) is 2. The Morgan fingerprint density at radius 2 is 2.31 bits per heavy atom. The highest BCUT2D eigenvalue weighted by molar-refractivity contribution is 5.86. The van der Waals surface area contributed by atoms with Crippen LogP contribution in [0.25, 0.3) is 0 Å². The van der Waals surface area contributed by atoms with Gasteiger partial charge in [0.25, 0.3) is 0 Å². The molecule has 1 N–H and O–H groups in total. The number of aliphatic carboxylic acids is 1. The van der Waals surface area contributed by atoms with Gasteiger partial charge in [-0.25, -0.2) is 4.79 Å². The summed E-state index contributed by atoms with van der Waals surface area (Å²) in [6.07, 6.45) is 1.85. The highest BCUT2D eigenvalue weighted by Gasteiger charge is 2.20. The predicted molar refractivity (Wildman–Crippen MR) is 47.2 cm³/mol. The Bertz CT molecular complexity index is 247. The monoisotopic (exact) mass is 183 g/mol. The summed E-state index contributed by atoms with van der Waals surface area (Å²) >= 11 is 0. The molecule has 4 heteroatoms. The van der Waals surface area contributed by atoms with Crippen molar-refractivity contribution in [2.45, 2.75) is 19.3 Å². The van der Waals surface area contributed by atoms with Crippen molar-refractivity contribution in [2.24, 2.45) is 0 Å². The standard InChI is InChI=1S/C9H13NO3/c1-7(9(12)13)4-6-10-5-2-3-8(10)11/h1-6H2,(H,12,13). The number of rotatable bonds is 4. The number of hydrogen-bond donors (Lipinski definition) is 1. The molecule has 13 heavy (non-hydrogen) atoms. The summed E-state index contributed by atoms with van der Waals surface area (Å²) in [7, 11) is 0. The topological polar surface area (TPSA) is 57.6 Å². The van der Waals surface area contributed by atoms with Crippen LogP contribution in [0.2, 0.25) is 0 Å². The smallest absolute Gasteiger partial charge is 0.331 e. The summed E-state index contributed by atoms with van der Waals surface area (Å²) in [6, 6.07) is 0. The van der Waals surface area contributed by atoms with Crippen LogP contribution in [-0.4, -0.2) is 35.0 Å². The molecule has 0 bridgehead atoms. The zero-order valence-electron chi connectivity index (χ0n) is 7.45. The fourth-order valence-electron chi connectivity index (χ4n) is 1.32. The number of likely N-dealkylation sites (tertiary alicyclic amines) is 1. The van der Waals surface area contributed by atoms with Gasteiger partial charge in [0.05, 0.1) is 0 Å². The molecule has 0 atom stereocenters. The summed E-state index contributed by atoms with van der Waals surface area (Å²) in [4.78, 5) is 23.2. The van der Waals surface area contributed by atoms with Crippen molar-refractivity contribution in [3.05, 3.63) is 12.2 Å². The van der Waals surface area contributed by atoms with Crippen molar-refractivity contribution in [1.29, 1.82) is 0 Å². The van der Waals surface area contributed by atoms with Crippen molar-refractivity contribution in [2.75, 3.05) is 13.1 Å². The van der Waals surface area contributed by atoms with E-state index in [4.69, 9.17) is 5.11 Å². The van der Waals surface area contributed by atoms with Gasteiger partial charge in [-0.05, 0) is 12.8 Å². The van der Waals surface area contributed by atoms with Crippen molar-refractivity contribution in [3.8, 4) is 0 Å². The summed E-state index contributed by atoms with van der Waals surface area (Å²) in [5, 5.41) is 8.52. The van der Waals surface area contributed by atoms with Crippen LogP contribution in [0.15, 0.2) is 12.2 Å². The summed E-state index contributed by atoms with van der Waals surface area (Å²) in [5.74, 6) is -0.857. The minimum atomic E-state index is -0.980. The van der Waals surface area contributed by atoms with Gasteiger partial charge in [-0.1, -0.05) is 6.58 Å². The van der Waals surface area contributed by atoms with E-state index in [0.717, 1.165) is 13.0 Å². The van der Waals surface area contributed by atoms with Gasteiger partial charge in [-0.2, -0.15) is 0 Å². The number of nitrogens with zero attached hydrogens (tertiary/aromatic N) is 1. The number of carboxylic acid groups (broad SMARTS) is 1. The normalized spacial score (nSPS) is 16.3. The van der Waals surface area contributed by atoms with E-state index in [2.05, 4.69) is 6.58 Å². The van der Waals surface area contributed by atoms with Gasteiger partial charge in [-0.3, -0.25) is 4.79 Å². The molecular weight excluding hydrogens is 170 g/mol. The van der Waals surface area contributed by atoms with Crippen LogP contribution < -0.4 is 0 Å². The molecule has 0 saturated carbocycles. The molecule has 0 aromatic rings. The molecule has 4 nitrogen and oxygen atoms in total. The van der Waals surface area contributed by atoms with Crippen LogP contribution in [0.1, 0.15) is 19.3 Å². The molecule has 0 aromatic heterocycles. The Labute approximate surface area is 76.8 Å². The second-order valence-corrected chi connectivity index (χ2v) is 3.14. The molecule has 0 spiro atoms. The Morgan fingerprint density at radius 3 is 2.77 bits per heavy atom. The summed E-state index contributed by atoms with van der Waals surface area (Å²) in [5.41, 5.74) is 0.166. The second-order valence-electron chi connectivity index (χ2n) is 3.14. The molecule has 1 rings (SSSR count). The first-order valence-corrected chi connectivity index (χ1v) is 4.30. The first kappa shape index (κ1) is 9.77. The van der Waals surface area contributed by atoms with Crippen LogP contribution in [-0.2, 0) is 9.59 Å². The van der Waals surface area contributed by atoms with E-state index in [9.17, 15) is 9.59 Å². The predicted octanol–water partition coefficient (Wildman–Crippen LogP) is 0.640. The van der Waals surface area contributed by atoms with Gasteiger partial charge < -0.3 is 10.0 Å². The largest absolute Gasteiger partial charge is 0.478 e. The average Bonchev–Trinajstić information content (AvgIpc) is 2.47. The third-order valence-corrected chi connectivity index (χ3v) is 2.16. The van der Waals surface area contributed by atoms with Crippen molar-refractivity contribution in [1.82, 2.24) is 4.90 Å². The Kier molecular flexibility index (Phi) is 3.06. The summed E-state index contributed by atoms with van der Waals surface area (Å²) < 4.78 is 0. The maximum Gasteiger partial charge on any atom is 0.331 e. The lowest BCUT2D eigenvalue weighted by molar-refractivity contribution is -0.133. The molecule has 0 unspecified atom stereocenters. The molecule has 72 valence electrons. The van der Waals surface area contributed by atoms with Crippen molar-refractivity contribution in [3.63, 3.8) is 0 Å². The fraction of sp³-hybridized carbons (Fsp3) is 0.556. The molecule has 1 saturated heterocycles. The minimum Gasteiger partial charge on any atom is -0.478 e. The van der Waals surface area contributed by atoms with Gasteiger partial charge in [-0.15, -0.1) is 0 Å². The summed E-state index contributed by atoms with van der Waals surface area (Å²) in [6.45, 7) is 4.65. The first-order chi connectivity index (χ1) is 6.11. The first-order valence-electron chi connectivity index (χ1n) is 4.30. The molecule has 1 fully saturated rings. The highest BCUT2D eigenvalue weighted by atomic mass is 16.4. The van der Waals surface area contributed by atoms with E-state index in [-0.39, 0.29) is 11.5 Å². The molecular formula is C9H13NO3. The molecule has 0 aliphatic carbocycles. The second kappa shape index (κ2) is 4.07. The quantitative estimate of drug-likeness (QED) is 0.651. The zero-order chi connectivity index (χ0) is 9.84. The van der Waals surface area contributed by atoms with E-state index in [1.807, 2.05) is 0 Å². The van der Waals surface area contributed by atoms with Crippen LogP contribution in [0.3, 0.4) is 0 Å². The molecule has 1 heterocycles. The van der Waals surface area contributed by atoms with Gasteiger partial charge in [0.15, 0.2) is 0 Å². The van der Waals surface area contributed by atoms with Crippen LogP contribution in [0.5, 0.6) is 0 Å². The van der Waals surface area contributed by atoms with Crippen molar-refractivity contribution < 1.29 is 14.7 Å². The maximum absolute atomic E-state index is 11.1. The lowest BCUT2D eigenvalue weighted by Gasteiger charge is -2.14. The van der Waals surface area contributed by atoms with Gasteiger partial charge in [0.1, 0.15) is 0 Å². The van der Waals surface area contributed by atoms with Crippen LogP contribution in [0.4, 0.5) is 0 Å². The molecule has 0 radical (unpaired) electrons. The maximum atomic E-state index is 11.1. The molecule has 1 aliphatic heterocycles. The SMILES string of the molecule is C=C(CCN1CCCC1=O)C(=O)O. The van der Waals surface area contributed by atoms with E-state index >= 15 is 0 Å². The van der Waals surface area contributed by atoms with Gasteiger partial charge in [0, 0.05) is 25.1 Å². The van der Waals surface area contributed by atoms with Crippen molar-refractivity contribution >= 4 is 11.9 Å². The van der Waals surface area contributed by atoms with E-state index in [0.29, 0.717) is 19.4 Å². The minimum absolute atomic E-state index is 0.123. The lowest BCUT2D eigenvalue weighted by Crippen LogP contribution is -2.26. The lowest BCUT2D eigenvalue weighted by atomic mass is 10.2. The highest BCUT2D eigenvalue weighted by Crippen LogP contribution is 2.11. The Balaban J connectivity index is 2.30. The van der Waals surface area contributed by atoms with Gasteiger partial charge >= 0.3 is 5.97 Å². The number of carbonyl (C=O) groups excluding carboxylic acids is 1. The number of carboxylic acids is 1. The van der Waals surface area contributed by atoms with E-state index in [1.165, 1.54) is 0 Å². The Morgan fingerprint density at radius 1 is 1.62 bits per heavy atom. The molecule has 1 aliphatic rings. The van der Waals surface area contributed by atoms with Crippen LogP contribution >= 0.6 is 0 Å². The average molecular weight is 183 g/mol. The van der Waals surface area contributed by atoms with E-state index < -0.39 is 5.97 Å². The third-order valence-electron chi connectivity index (χ3n) is 2.16. The van der Waals surface area contributed by atoms with E-state index in [1.54, 1.807) is 4.90 Å². The zero-order valence-corrected chi connectivity index (χ0v) is 7.45. The Hall–Kier alpha value is -1.32. The number of amides is 1. The number of carbonyl (C=O) groups is 2.